The largest absolute Gasteiger partial charge is 0.496 e. The van der Waals surface area contributed by atoms with Crippen LogP contribution < -0.4 is 15.4 Å². The Kier molecular flexibility index (Phi) is 6.81. The minimum absolute atomic E-state index is 0.145. The quantitative estimate of drug-likeness (QED) is 0.350. The predicted octanol–water partition coefficient (Wildman–Crippen LogP) is 5.64. The lowest BCUT2D eigenvalue weighted by atomic mass is 10.0. The Balaban J connectivity index is 1.53. The average molecular weight is 494 g/mol. The maximum Gasteiger partial charge on any atom is 0.261 e. The average Bonchev–Trinajstić information content (AvgIpc) is 3.21. The number of rotatable bonds is 5. The van der Waals surface area contributed by atoms with Gasteiger partial charge in [0.15, 0.2) is 5.11 Å². The molecule has 0 bridgehead atoms. The Hall–Kier alpha value is -3.49. The summed E-state index contributed by atoms with van der Waals surface area (Å²) in [6, 6.07) is 16.8. The minimum atomic E-state index is -0.425. The van der Waals surface area contributed by atoms with Crippen molar-refractivity contribution in [3.8, 4) is 11.4 Å². The van der Waals surface area contributed by atoms with Crippen molar-refractivity contribution in [3.05, 3.63) is 76.3 Å². The zero-order valence-electron chi connectivity index (χ0n) is 19.2. The van der Waals surface area contributed by atoms with Gasteiger partial charge in [-0.25, -0.2) is 0 Å². The molecular weight excluding hydrogens is 470 g/mol. The number of aryl methyl sites for hydroxylation is 1. The zero-order valence-corrected chi connectivity index (χ0v) is 20.8. The van der Waals surface area contributed by atoms with Crippen molar-refractivity contribution >= 4 is 51.6 Å². The molecule has 0 radical (unpaired) electrons. The van der Waals surface area contributed by atoms with E-state index in [1.807, 2.05) is 31.2 Å². The number of anilines is 1. The van der Waals surface area contributed by atoms with Crippen molar-refractivity contribution in [1.82, 2.24) is 20.3 Å². The number of carbonyl (C=O) groups excluding carboxylic acids is 1. The molecule has 0 aliphatic carbocycles. The predicted molar refractivity (Wildman–Crippen MR) is 139 cm³/mol. The molecule has 1 heterocycles. The van der Waals surface area contributed by atoms with Gasteiger partial charge >= 0.3 is 0 Å². The number of halogens is 1. The fraction of sp³-hybridized carbons (Fsp3) is 0.200. The summed E-state index contributed by atoms with van der Waals surface area (Å²) in [5.41, 5.74) is 5.52. The summed E-state index contributed by atoms with van der Waals surface area (Å²) in [5.74, 6) is 0.436. The number of ether oxygens (including phenoxy) is 1. The Bertz CT molecular complexity index is 1380. The third-order valence-corrected chi connectivity index (χ3v) is 5.84. The van der Waals surface area contributed by atoms with Crippen LogP contribution in [0.1, 0.15) is 41.3 Å². The van der Waals surface area contributed by atoms with E-state index in [0.717, 1.165) is 22.5 Å². The lowest BCUT2D eigenvalue weighted by Gasteiger charge is -2.13. The first-order valence-corrected chi connectivity index (χ1v) is 11.5. The zero-order chi connectivity index (χ0) is 24.4. The van der Waals surface area contributed by atoms with Crippen molar-refractivity contribution in [2.24, 2.45) is 0 Å². The van der Waals surface area contributed by atoms with E-state index in [0.29, 0.717) is 22.2 Å². The first kappa shape index (κ1) is 23.7. The van der Waals surface area contributed by atoms with Crippen LogP contribution >= 0.6 is 23.8 Å². The molecule has 3 aromatic carbocycles. The van der Waals surface area contributed by atoms with Crippen LogP contribution in [0.5, 0.6) is 5.75 Å². The molecule has 174 valence electrons. The molecule has 2 N–H and O–H groups in total. The lowest BCUT2D eigenvalue weighted by Crippen LogP contribution is -2.34. The number of hydrogen-bond donors (Lipinski definition) is 2. The number of fused-ring (bicyclic) bond motifs is 1. The Labute approximate surface area is 208 Å². The molecule has 0 saturated heterocycles. The highest BCUT2D eigenvalue weighted by molar-refractivity contribution is 7.80. The molecule has 0 aliphatic rings. The standard InChI is InChI=1S/C25H24ClN5O2S/c1-14(2)16-5-8-18(9-6-16)31-29-21-11-15(3)20(13-22(21)30-31)27-25(34)28-24(32)19-12-17(26)7-10-23(19)33-4/h5-14H,1-4H3,(H2,27,28,32,34). The number of nitrogens with zero attached hydrogens (tertiary/aromatic N) is 3. The monoisotopic (exact) mass is 493 g/mol. The second kappa shape index (κ2) is 9.79. The van der Waals surface area contributed by atoms with Gasteiger partial charge in [0.25, 0.3) is 5.91 Å². The summed E-state index contributed by atoms with van der Waals surface area (Å²) < 4.78 is 5.24. The SMILES string of the molecule is COc1ccc(Cl)cc1C(=O)NC(=S)Nc1cc2nn(-c3ccc(C(C)C)cc3)nc2cc1C. The lowest BCUT2D eigenvalue weighted by molar-refractivity contribution is 0.0975. The summed E-state index contributed by atoms with van der Waals surface area (Å²) >= 11 is 11.4. The summed E-state index contributed by atoms with van der Waals surface area (Å²) in [4.78, 5) is 14.3. The molecule has 1 aromatic heterocycles. The number of carbonyl (C=O) groups is 1. The normalized spacial score (nSPS) is 11.0. The van der Waals surface area contributed by atoms with Gasteiger partial charge in [0.05, 0.1) is 18.4 Å². The topological polar surface area (TPSA) is 81.1 Å². The molecule has 1 amide bonds. The first-order valence-electron chi connectivity index (χ1n) is 10.7. The molecule has 9 heteroatoms. The number of benzene rings is 3. The van der Waals surface area contributed by atoms with Gasteiger partial charge in [-0.05, 0) is 78.7 Å². The Morgan fingerprint density at radius 3 is 2.38 bits per heavy atom. The van der Waals surface area contributed by atoms with Crippen molar-refractivity contribution in [2.45, 2.75) is 26.7 Å². The third-order valence-electron chi connectivity index (χ3n) is 5.40. The van der Waals surface area contributed by atoms with Crippen LogP contribution in [0.15, 0.2) is 54.6 Å². The van der Waals surface area contributed by atoms with Gasteiger partial charge in [-0.1, -0.05) is 37.6 Å². The number of amides is 1. The van der Waals surface area contributed by atoms with Gasteiger partial charge in [0.1, 0.15) is 16.8 Å². The highest BCUT2D eigenvalue weighted by Crippen LogP contribution is 2.24. The summed E-state index contributed by atoms with van der Waals surface area (Å²) in [6.45, 7) is 6.25. The minimum Gasteiger partial charge on any atom is -0.496 e. The maximum atomic E-state index is 12.7. The van der Waals surface area contributed by atoms with Gasteiger partial charge in [-0.2, -0.15) is 4.80 Å². The molecule has 0 atom stereocenters. The molecule has 4 rings (SSSR count). The van der Waals surface area contributed by atoms with Crippen LogP contribution in [0.3, 0.4) is 0 Å². The van der Waals surface area contributed by atoms with Crippen LogP contribution in [0.25, 0.3) is 16.7 Å². The van der Waals surface area contributed by atoms with E-state index in [-0.39, 0.29) is 10.7 Å². The number of aromatic nitrogens is 3. The second-order valence-electron chi connectivity index (χ2n) is 8.14. The van der Waals surface area contributed by atoms with Gasteiger partial charge < -0.3 is 10.1 Å². The van der Waals surface area contributed by atoms with E-state index in [1.54, 1.807) is 16.9 Å². The Morgan fingerprint density at radius 2 is 1.74 bits per heavy atom. The van der Waals surface area contributed by atoms with Gasteiger partial charge in [0, 0.05) is 10.7 Å². The van der Waals surface area contributed by atoms with Crippen molar-refractivity contribution < 1.29 is 9.53 Å². The molecule has 7 nitrogen and oxygen atoms in total. The summed E-state index contributed by atoms with van der Waals surface area (Å²) in [5, 5.41) is 15.5. The smallest absolute Gasteiger partial charge is 0.261 e. The number of methoxy groups -OCH3 is 1. The molecular formula is C25H24ClN5O2S. The van der Waals surface area contributed by atoms with E-state index < -0.39 is 5.91 Å². The van der Waals surface area contributed by atoms with Crippen molar-refractivity contribution in [3.63, 3.8) is 0 Å². The van der Waals surface area contributed by atoms with Crippen molar-refractivity contribution in [2.75, 3.05) is 12.4 Å². The maximum absolute atomic E-state index is 12.7. The highest BCUT2D eigenvalue weighted by atomic mass is 35.5. The third kappa shape index (κ3) is 5.03. The fourth-order valence-corrected chi connectivity index (χ4v) is 3.87. The highest BCUT2D eigenvalue weighted by Gasteiger charge is 2.16. The van der Waals surface area contributed by atoms with Crippen molar-refractivity contribution in [1.29, 1.82) is 0 Å². The number of thiocarbonyl (C=S) groups is 1. The van der Waals surface area contributed by atoms with E-state index in [1.165, 1.54) is 18.7 Å². The van der Waals surface area contributed by atoms with E-state index in [4.69, 9.17) is 28.6 Å². The summed E-state index contributed by atoms with van der Waals surface area (Å²) in [6.07, 6.45) is 0. The summed E-state index contributed by atoms with van der Waals surface area (Å²) in [7, 11) is 1.49. The van der Waals surface area contributed by atoms with Crippen LogP contribution in [-0.2, 0) is 0 Å². The molecule has 0 spiro atoms. The molecule has 4 aromatic rings. The Morgan fingerprint density at radius 1 is 1.06 bits per heavy atom. The molecule has 0 unspecified atom stereocenters. The van der Waals surface area contributed by atoms with Crippen LogP contribution in [0, 0.1) is 6.92 Å². The number of hydrogen-bond acceptors (Lipinski definition) is 5. The van der Waals surface area contributed by atoms with Gasteiger partial charge in [-0.3, -0.25) is 10.1 Å². The van der Waals surface area contributed by atoms with Gasteiger partial charge in [-0.15, -0.1) is 10.2 Å². The van der Waals surface area contributed by atoms with Gasteiger partial charge in [0.2, 0.25) is 0 Å². The van der Waals surface area contributed by atoms with Crippen LogP contribution in [-0.4, -0.2) is 33.1 Å². The van der Waals surface area contributed by atoms with Crippen LogP contribution in [0.4, 0.5) is 5.69 Å². The van der Waals surface area contributed by atoms with E-state index >= 15 is 0 Å². The molecule has 34 heavy (non-hydrogen) atoms. The molecule has 0 aliphatic heterocycles. The van der Waals surface area contributed by atoms with E-state index in [2.05, 4.69) is 46.8 Å². The second-order valence-corrected chi connectivity index (χ2v) is 8.99. The number of nitrogens with one attached hydrogen (secondary N) is 2. The first-order chi connectivity index (χ1) is 16.2. The molecule has 0 fully saturated rings. The fourth-order valence-electron chi connectivity index (χ4n) is 3.49. The van der Waals surface area contributed by atoms with Crippen LogP contribution in [0.2, 0.25) is 5.02 Å². The van der Waals surface area contributed by atoms with E-state index in [9.17, 15) is 4.79 Å². The molecule has 0 saturated carbocycles.